The van der Waals surface area contributed by atoms with Gasteiger partial charge in [-0.25, -0.2) is 4.98 Å². The van der Waals surface area contributed by atoms with E-state index >= 15 is 0 Å². The van der Waals surface area contributed by atoms with Crippen LogP contribution in [-0.2, 0) is 0 Å². The number of hydrogen-bond donors (Lipinski definition) is 0. The van der Waals surface area contributed by atoms with Crippen LogP contribution in [-0.4, -0.2) is 29.4 Å². The van der Waals surface area contributed by atoms with E-state index in [-0.39, 0.29) is 5.91 Å². The Morgan fingerprint density at radius 3 is 2.80 bits per heavy atom. The normalized spacial score (nSPS) is 10.1. The van der Waals surface area contributed by atoms with Crippen molar-refractivity contribution < 1.29 is 9.18 Å². The summed E-state index contributed by atoms with van der Waals surface area (Å²) in [5, 5.41) is 0. The van der Waals surface area contributed by atoms with Gasteiger partial charge in [0, 0.05) is 19.8 Å². The van der Waals surface area contributed by atoms with Crippen LogP contribution in [0.3, 0.4) is 0 Å². The molecule has 0 bridgehead atoms. The second-order valence-electron chi connectivity index (χ2n) is 3.45. The maximum absolute atomic E-state index is 12.5. The molecule has 0 atom stereocenters. The molecular weight excluding hydrogens is 195 g/mol. The van der Waals surface area contributed by atoms with Gasteiger partial charge in [0.05, 0.1) is 5.56 Å². The third-order valence-corrected chi connectivity index (χ3v) is 2.17. The Morgan fingerprint density at radius 2 is 2.27 bits per heavy atom. The Balaban J connectivity index is 2.63. The van der Waals surface area contributed by atoms with E-state index in [1.165, 1.54) is 18.3 Å². The monoisotopic (exact) mass is 210 g/mol. The molecule has 1 heterocycles. The van der Waals surface area contributed by atoms with Gasteiger partial charge in [-0.3, -0.25) is 4.79 Å². The maximum Gasteiger partial charge on any atom is 0.255 e. The third-order valence-electron chi connectivity index (χ3n) is 2.17. The SMILES string of the molecule is CCCCN(C)C(=O)c1ccc(F)nc1. The highest BCUT2D eigenvalue weighted by Gasteiger charge is 2.10. The van der Waals surface area contributed by atoms with Gasteiger partial charge in [-0.15, -0.1) is 0 Å². The van der Waals surface area contributed by atoms with E-state index < -0.39 is 5.95 Å². The first kappa shape index (κ1) is 11.6. The Hall–Kier alpha value is -1.45. The molecule has 15 heavy (non-hydrogen) atoms. The van der Waals surface area contributed by atoms with Crippen LogP contribution in [0.25, 0.3) is 0 Å². The van der Waals surface area contributed by atoms with Crippen LogP contribution in [0, 0.1) is 5.95 Å². The van der Waals surface area contributed by atoms with Crippen molar-refractivity contribution in [2.24, 2.45) is 0 Å². The zero-order valence-electron chi connectivity index (χ0n) is 9.03. The van der Waals surface area contributed by atoms with Crippen LogP contribution in [0.1, 0.15) is 30.1 Å². The van der Waals surface area contributed by atoms with E-state index in [4.69, 9.17) is 0 Å². The van der Waals surface area contributed by atoms with Crippen LogP contribution in [0.4, 0.5) is 4.39 Å². The fourth-order valence-corrected chi connectivity index (χ4v) is 1.22. The predicted molar refractivity (Wildman–Crippen MR) is 56.1 cm³/mol. The van der Waals surface area contributed by atoms with Gasteiger partial charge >= 0.3 is 0 Å². The number of nitrogens with zero attached hydrogens (tertiary/aromatic N) is 2. The molecule has 0 aliphatic rings. The second kappa shape index (κ2) is 5.44. The molecule has 0 N–H and O–H groups in total. The van der Waals surface area contributed by atoms with Crippen LogP contribution < -0.4 is 0 Å². The van der Waals surface area contributed by atoms with E-state index in [0.717, 1.165) is 12.8 Å². The molecule has 1 rings (SSSR count). The van der Waals surface area contributed by atoms with E-state index in [9.17, 15) is 9.18 Å². The average Bonchev–Trinajstić information content (AvgIpc) is 2.26. The molecule has 1 aromatic rings. The zero-order valence-corrected chi connectivity index (χ0v) is 9.03. The first-order valence-corrected chi connectivity index (χ1v) is 5.02. The Morgan fingerprint density at radius 1 is 1.53 bits per heavy atom. The maximum atomic E-state index is 12.5. The summed E-state index contributed by atoms with van der Waals surface area (Å²) < 4.78 is 12.5. The number of aromatic nitrogens is 1. The minimum Gasteiger partial charge on any atom is -0.342 e. The molecule has 3 nitrogen and oxygen atoms in total. The lowest BCUT2D eigenvalue weighted by Crippen LogP contribution is -2.27. The van der Waals surface area contributed by atoms with E-state index in [0.29, 0.717) is 12.1 Å². The largest absolute Gasteiger partial charge is 0.342 e. The molecule has 1 aromatic heterocycles. The van der Waals surface area contributed by atoms with Crippen LogP contribution in [0.15, 0.2) is 18.3 Å². The van der Waals surface area contributed by atoms with Crippen molar-refractivity contribution in [1.82, 2.24) is 9.88 Å². The van der Waals surface area contributed by atoms with Gasteiger partial charge in [-0.1, -0.05) is 13.3 Å². The molecule has 0 unspecified atom stereocenters. The summed E-state index contributed by atoms with van der Waals surface area (Å²) in [5.74, 6) is -0.682. The topological polar surface area (TPSA) is 33.2 Å². The van der Waals surface area contributed by atoms with Gasteiger partial charge in [0.15, 0.2) is 0 Å². The van der Waals surface area contributed by atoms with Crippen molar-refractivity contribution in [1.29, 1.82) is 0 Å². The number of hydrogen-bond acceptors (Lipinski definition) is 2. The van der Waals surface area contributed by atoms with Crippen LogP contribution in [0.5, 0.6) is 0 Å². The van der Waals surface area contributed by atoms with Crippen molar-refractivity contribution in [2.45, 2.75) is 19.8 Å². The highest BCUT2D eigenvalue weighted by molar-refractivity contribution is 5.93. The summed E-state index contributed by atoms with van der Waals surface area (Å²) in [6.07, 6.45) is 3.27. The molecule has 0 fully saturated rings. The van der Waals surface area contributed by atoms with Crippen molar-refractivity contribution in [3.63, 3.8) is 0 Å². The third kappa shape index (κ3) is 3.31. The molecule has 4 heteroatoms. The van der Waals surface area contributed by atoms with Crippen LogP contribution >= 0.6 is 0 Å². The highest BCUT2D eigenvalue weighted by atomic mass is 19.1. The number of carbonyl (C=O) groups is 1. The highest BCUT2D eigenvalue weighted by Crippen LogP contribution is 2.04. The molecule has 0 radical (unpaired) electrons. The van der Waals surface area contributed by atoms with Gasteiger partial charge in [0.2, 0.25) is 5.95 Å². The first-order chi connectivity index (χ1) is 7.15. The van der Waals surface area contributed by atoms with Crippen molar-refractivity contribution in [3.8, 4) is 0 Å². The predicted octanol–water partition coefficient (Wildman–Crippen LogP) is 2.09. The minimum absolute atomic E-state index is 0.115. The van der Waals surface area contributed by atoms with E-state index in [1.807, 2.05) is 0 Å². The molecule has 0 aromatic carbocycles. The fourth-order valence-electron chi connectivity index (χ4n) is 1.22. The standard InChI is InChI=1S/C11H15FN2O/c1-3-4-7-14(2)11(15)9-5-6-10(12)13-8-9/h5-6,8H,3-4,7H2,1-2H3. The molecule has 0 aliphatic carbocycles. The lowest BCUT2D eigenvalue weighted by atomic mass is 10.2. The van der Waals surface area contributed by atoms with Gasteiger partial charge in [-0.05, 0) is 18.6 Å². The second-order valence-corrected chi connectivity index (χ2v) is 3.45. The summed E-state index contributed by atoms with van der Waals surface area (Å²) in [4.78, 5) is 16.8. The Kier molecular flexibility index (Phi) is 4.21. The van der Waals surface area contributed by atoms with E-state index in [1.54, 1.807) is 11.9 Å². The van der Waals surface area contributed by atoms with Gasteiger partial charge in [0.25, 0.3) is 5.91 Å². The summed E-state index contributed by atoms with van der Waals surface area (Å²) in [6.45, 7) is 2.78. The van der Waals surface area contributed by atoms with Gasteiger partial charge < -0.3 is 4.90 Å². The number of pyridine rings is 1. The first-order valence-electron chi connectivity index (χ1n) is 5.02. The zero-order chi connectivity index (χ0) is 11.3. The van der Waals surface area contributed by atoms with Crippen molar-refractivity contribution >= 4 is 5.91 Å². The molecule has 0 aliphatic heterocycles. The summed E-state index contributed by atoms with van der Waals surface area (Å²) in [5.41, 5.74) is 0.426. The van der Waals surface area contributed by atoms with Crippen molar-refractivity contribution in [2.75, 3.05) is 13.6 Å². The lowest BCUT2D eigenvalue weighted by Gasteiger charge is -2.16. The Bertz CT molecular complexity index is 324. The quantitative estimate of drug-likeness (QED) is 0.713. The van der Waals surface area contributed by atoms with Gasteiger partial charge in [-0.2, -0.15) is 4.39 Å². The number of amides is 1. The van der Waals surface area contributed by atoms with Crippen LogP contribution in [0.2, 0.25) is 0 Å². The molecule has 82 valence electrons. The van der Waals surface area contributed by atoms with Crippen molar-refractivity contribution in [3.05, 3.63) is 29.8 Å². The smallest absolute Gasteiger partial charge is 0.255 e. The lowest BCUT2D eigenvalue weighted by molar-refractivity contribution is 0.0793. The Labute approximate surface area is 88.9 Å². The van der Waals surface area contributed by atoms with Gasteiger partial charge in [0.1, 0.15) is 0 Å². The number of unbranched alkanes of at least 4 members (excludes halogenated alkanes) is 1. The molecule has 0 saturated heterocycles. The summed E-state index contributed by atoms with van der Waals surface area (Å²) >= 11 is 0. The minimum atomic E-state index is -0.567. The number of carbonyl (C=O) groups excluding carboxylic acids is 1. The number of halogens is 1. The summed E-state index contributed by atoms with van der Waals surface area (Å²) in [6, 6.07) is 2.65. The van der Waals surface area contributed by atoms with E-state index in [2.05, 4.69) is 11.9 Å². The number of rotatable bonds is 4. The fraction of sp³-hybridized carbons (Fsp3) is 0.455. The molecule has 1 amide bonds. The molecule has 0 spiro atoms. The average molecular weight is 210 g/mol. The summed E-state index contributed by atoms with van der Waals surface area (Å²) in [7, 11) is 1.74. The molecular formula is C11H15FN2O. The molecule has 0 saturated carbocycles.